The molecule has 1 aromatic carbocycles. The van der Waals surface area contributed by atoms with Gasteiger partial charge in [0, 0.05) is 17.1 Å². The van der Waals surface area contributed by atoms with E-state index in [9.17, 15) is 0 Å². The second kappa shape index (κ2) is 5.88. The molecule has 0 atom stereocenters. The molecule has 5 heteroatoms. The zero-order valence-corrected chi connectivity index (χ0v) is 13.7. The van der Waals surface area contributed by atoms with E-state index in [4.69, 9.17) is 11.6 Å². The number of aromatic nitrogens is 2. The van der Waals surface area contributed by atoms with Crippen LogP contribution in [0.2, 0.25) is 5.02 Å². The maximum absolute atomic E-state index is 6.03. The standard InChI is InChI=1S/C15H17BrClN3/c1-10-15(17)8-19-20(10)9-12-3-2-11(6-14(12)16)7-18-13-4-5-13/h2-3,6,8,13,18H,4-5,7,9H2,1H3. The van der Waals surface area contributed by atoms with Crippen molar-refractivity contribution in [1.29, 1.82) is 0 Å². The Morgan fingerprint density at radius 1 is 1.45 bits per heavy atom. The van der Waals surface area contributed by atoms with E-state index in [1.54, 1.807) is 6.20 Å². The molecular formula is C15H17BrClN3. The zero-order chi connectivity index (χ0) is 14.1. The lowest BCUT2D eigenvalue weighted by atomic mass is 10.1. The van der Waals surface area contributed by atoms with E-state index in [-0.39, 0.29) is 0 Å². The quantitative estimate of drug-likeness (QED) is 0.882. The van der Waals surface area contributed by atoms with Gasteiger partial charge < -0.3 is 5.32 Å². The molecule has 0 amide bonds. The minimum atomic E-state index is 0.714. The highest BCUT2D eigenvalue weighted by molar-refractivity contribution is 9.10. The number of nitrogens with one attached hydrogen (secondary N) is 1. The van der Waals surface area contributed by atoms with Gasteiger partial charge in [-0.25, -0.2) is 0 Å². The molecule has 0 saturated heterocycles. The predicted molar refractivity (Wildman–Crippen MR) is 85.1 cm³/mol. The van der Waals surface area contributed by atoms with Crippen LogP contribution in [-0.4, -0.2) is 15.8 Å². The van der Waals surface area contributed by atoms with Crippen molar-refractivity contribution in [3.63, 3.8) is 0 Å². The molecule has 0 bridgehead atoms. The van der Waals surface area contributed by atoms with Crippen LogP contribution < -0.4 is 5.32 Å². The van der Waals surface area contributed by atoms with Gasteiger partial charge in [-0.2, -0.15) is 5.10 Å². The van der Waals surface area contributed by atoms with Crippen molar-refractivity contribution in [1.82, 2.24) is 15.1 Å². The van der Waals surface area contributed by atoms with Gasteiger partial charge in [0.05, 0.1) is 23.5 Å². The lowest BCUT2D eigenvalue weighted by Gasteiger charge is -2.10. The number of hydrogen-bond donors (Lipinski definition) is 1. The van der Waals surface area contributed by atoms with Crippen molar-refractivity contribution in [3.05, 3.63) is 50.7 Å². The fourth-order valence-corrected chi connectivity index (χ4v) is 2.82. The average Bonchev–Trinajstić information content (AvgIpc) is 3.21. The van der Waals surface area contributed by atoms with E-state index in [1.807, 2.05) is 11.6 Å². The highest BCUT2D eigenvalue weighted by Crippen LogP contribution is 2.23. The molecule has 0 aliphatic heterocycles. The van der Waals surface area contributed by atoms with Crippen LogP contribution in [0.4, 0.5) is 0 Å². The lowest BCUT2D eigenvalue weighted by Crippen LogP contribution is -2.15. The van der Waals surface area contributed by atoms with Crippen molar-refractivity contribution in [3.8, 4) is 0 Å². The second-order valence-electron chi connectivity index (χ2n) is 5.32. The zero-order valence-electron chi connectivity index (χ0n) is 11.4. The second-order valence-corrected chi connectivity index (χ2v) is 6.58. The van der Waals surface area contributed by atoms with Gasteiger partial charge in [-0.15, -0.1) is 0 Å². The summed E-state index contributed by atoms with van der Waals surface area (Å²) in [5, 5.41) is 8.53. The molecule has 1 aliphatic carbocycles. The molecule has 2 aromatic rings. The van der Waals surface area contributed by atoms with Gasteiger partial charge in [-0.1, -0.05) is 39.7 Å². The Morgan fingerprint density at radius 3 is 2.85 bits per heavy atom. The molecular weight excluding hydrogens is 338 g/mol. The first-order valence-electron chi connectivity index (χ1n) is 6.82. The summed E-state index contributed by atoms with van der Waals surface area (Å²) in [6.45, 7) is 3.66. The van der Waals surface area contributed by atoms with Crippen molar-refractivity contribution < 1.29 is 0 Å². The Balaban J connectivity index is 1.71. The van der Waals surface area contributed by atoms with Gasteiger partial charge in [0.15, 0.2) is 0 Å². The molecule has 0 unspecified atom stereocenters. The number of hydrogen-bond acceptors (Lipinski definition) is 2. The Bertz CT molecular complexity index is 620. The van der Waals surface area contributed by atoms with Crippen LogP contribution in [-0.2, 0) is 13.1 Å². The van der Waals surface area contributed by atoms with Crippen LogP contribution in [0.5, 0.6) is 0 Å². The van der Waals surface area contributed by atoms with E-state index >= 15 is 0 Å². The largest absolute Gasteiger partial charge is 0.310 e. The maximum atomic E-state index is 6.03. The maximum Gasteiger partial charge on any atom is 0.0815 e. The van der Waals surface area contributed by atoms with Crippen molar-refractivity contribution in [2.24, 2.45) is 0 Å². The molecule has 1 aliphatic rings. The topological polar surface area (TPSA) is 29.9 Å². The van der Waals surface area contributed by atoms with Gasteiger partial charge in [0.2, 0.25) is 0 Å². The molecule has 0 spiro atoms. The smallest absolute Gasteiger partial charge is 0.0815 e. The SMILES string of the molecule is Cc1c(Cl)cnn1Cc1ccc(CNC2CC2)cc1Br. The van der Waals surface area contributed by atoms with E-state index in [1.165, 1.54) is 24.0 Å². The van der Waals surface area contributed by atoms with Crippen LogP contribution in [0.25, 0.3) is 0 Å². The monoisotopic (exact) mass is 353 g/mol. The lowest BCUT2D eigenvalue weighted by molar-refractivity contribution is 0.661. The summed E-state index contributed by atoms with van der Waals surface area (Å²) in [6.07, 6.45) is 4.33. The van der Waals surface area contributed by atoms with E-state index in [2.05, 4.69) is 44.5 Å². The molecule has 20 heavy (non-hydrogen) atoms. The number of benzene rings is 1. The summed E-state index contributed by atoms with van der Waals surface area (Å²) in [5.41, 5.74) is 3.52. The fourth-order valence-electron chi connectivity index (χ4n) is 2.12. The number of halogens is 2. The van der Waals surface area contributed by atoms with Gasteiger partial charge in [-0.05, 0) is 37.0 Å². The summed E-state index contributed by atoms with van der Waals surface area (Å²) in [7, 11) is 0. The van der Waals surface area contributed by atoms with E-state index in [0.717, 1.165) is 29.3 Å². The molecule has 106 valence electrons. The molecule has 1 N–H and O–H groups in total. The molecule has 3 nitrogen and oxygen atoms in total. The fraction of sp³-hybridized carbons (Fsp3) is 0.400. The van der Waals surface area contributed by atoms with Crippen LogP contribution >= 0.6 is 27.5 Å². The molecule has 1 aromatic heterocycles. The Morgan fingerprint density at radius 2 is 2.25 bits per heavy atom. The third kappa shape index (κ3) is 3.25. The van der Waals surface area contributed by atoms with E-state index < -0.39 is 0 Å². The van der Waals surface area contributed by atoms with Gasteiger partial charge in [-0.3, -0.25) is 4.68 Å². The average molecular weight is 355 g/mol. The van der Waals surface area contributed by atoms with Crippen molar-refractivity contribution in [2.75, 3.05) is 0 Å². The van der Waals surface area contributed by atoms with E-state index in [0.29, 0.717) is 5.02 Å². The third-order valence-corrected chi connectivity index (χ3v) is 4.76. The molecule has 0 radical (unpaired) electrons. The first-order valence-corrected chi connectivity index (χ1v) is 7.99. The van der Waals surface area contributed by atoms with Crippen LogP contribution in [0.15, 0.2) is 28.9 Å². The highest BCUT2D eigenvalue weighted by Gasteiger charge is 2.20. The van der Waals surface area contributed by atoms with Crippen LogP contribution in [0.1, 0.15) is 29.7 Å². The Hall–Kier alpha value is -0.840. The first-order chi connectivity index (χ1) is 9.63. The third-order valence-electron chi connectivity index (χ3n) is 3.65. The summed E-state index contributed by atoms with van der Waals surface area (Å²) >= 11 is 9.69. The molecule has 1 heterocycles. The predicted octanol–water partition coefficient (Wildman–Crippen LogP) is 3.91. The van der Waals surface area contributed by atoms with Crippen LogP contribution in [0, 0.1) is 6.92 Å². The Labute approximate surface area is 132 Å². The summed E-state index contributed by atoms with van der Waals surface area (Å²) in [5.74, 6) is 0. The van der Waals surface area contributed by atoms with Gasteiger partial charge >= 0.3 is 0 Å². The minimum Gasteiger partial charge on any atom is -0.310 e. The van der Waals surface area contributed by atoms with Crippen LogP contribution in [0.3, 0.4) is 0 Å². The summed E-state index contributed by atoms with van der Waals surface area (Å²) in [4.78, 5) is 0. The molecule has 3 rings (SSSR count). The first kappa shape index (κ1) is 14.1. The normalized spacial score (nSPS) is 14.8. The van der Waals surface area contributed by atoms with Gasteiger partial charge in [0.1, 0.15) is 0 Å². The molecule has 1 fully saturated rings. The Kier molecular flexibility index (Phi) is 4.15. The minimum absolute atomic E-state index is 0.714. The van der Waals surface area contributed by atoms with Crippen molar-refractivity contribution >= 4 is 27.5 Å². The number of rotatable bonds is 5. The number of nitrogens with zero attached hydrogens (tertiary/aromatic N) is 2. The van der Waals surface area contributed by atoms with Gasteiger partial charge in [0.25, 0.3) is 0 Å². The molecule has 1 saturated carbocycles. The highest BCUT2D eigenvalue weighted by atomic mass is 79.9. The van der Waals surface area contributed by atoms with Crippen molar-refractivity contribution in [2.45, 2.75) is 38.9 Å². The summed E-state index contributed by atoms with van der Waals surface area (Å²) in [6, 6.07) is 7.26. The summed E-state index contributed by atoms with van der Waals surface area (Å²) < 4.78 is 3.04.